The van der Waals surface area contributed by atoms with E-state index in [1.807, 2.05) is 18.2 Å². The fourth-order valence-corrected chi connectivity index (χ4v) is 2.28. The van der Waals surface area contributed by atoms with E-state index < -0.39 is 0 Å². The number of carbonyl (C=O) groups is 1. The Kier molecular flexibility index (Phi) is 3.84. The number of aromatic amines is 2. The molecule has 22 heavy (non-hydrogen) atoms. The summed E-state index contributed by atoms with van der Waals surface area (Å²) in [6, 6.07) is 7.21. The van der Waals surface area contributed by atoms with Crippen molar-refractivity contribution in [2.24, 2.45) is 0 Å². The molecule has 0 spiro atoms. The Morgan fingerprint density at radius 1 is 1.36 bits per heavy atom. The van der Waals surface area contributed by atoms with Crippen LogP contribution in [0.25, 0.3) is 17.0 Å². The van der Waals surface area contributed by atoms with Crippen molar-refractivity contribution < 1.29 is 4.79 Å². The van der Waals surface area contributed by atoms with Gasteiger partial charge in [0, 0.05) is 22.5 Å². The number of anilines is 1. The van der Waals surface area contributed by atoms with Crippen molar-refractivity contribution in [2.75, 3.05) is 12.3 Å². The van der Waals surface area contributed by atoms with Crippen LogP contribution in [0, 0.1) is 0 Å². The summed E-state index contributed by atoms with van der Waals surface area (Å²) in [7, 11) is 0. The molecule has 0 bridgehead atoms. The number of H-pyrrole nitrogens is 2. The van der Waals surface area contributed by atoms with Crippen molar-refractivity contribution in [1.29, 1.82) is 0 Å². The molecule has 0 aliphatic rings. The van der Waals surface area contributed by atoms with Crippen molar-refractivity contribution in [3.63, 3.8) is 0 Å². The third-order valence-electron chi connectivity index (χ3n) is 3.12. The molecular formula is C15H14ClN5O. The molecule has 3 aromatic rings. The Morgan fingerprint density at radius 3 is 3.00 bits per heavy atom. The van der Waals surface area contributed by atoms with Crippen molar-refractivity contribution in [3.8, 4) is 0 Å². The van der Waals surface area contributed by atoms with Gasteiger partial charge in [-0.25, -0.2) is 4.98 Å². The molecule has 0 unspecified atom stereocenters. The van der Waals surface area contributed by atoms with Crippen LogP contribution in [0.2, 0.25) is 5.02 Å². The van der Waals surface area contributed by atoms with Crippen molar-refractivity contribution in [2.45, 2.75) is 0 Å². The molecule has 0 atom stereocenters. The van der Waals surface area contributed by atoms with E-state index in [4.69, 9.17) is 17.3 Å². The Morgan fingerprint density at radius 2 is 2.23 bits per heavy atom. The molecule has 1 amide bonds. The standard InChI is InChI=1S/C15H14ClN5O/c16-10-3-4-12-9(6-10)7-13(21-12)14(22)18-5-1-2-11-8-19-15(17)20-11/h1-4,6-8,21H,5H2,(H,18,22)(H3,17,19,20)/b2-1+. The molecule has 0 aliphatic heterocycles. The number of rotatable bonds is 4. The number of nitrogens with one attached hydrogen (secondary N) is 3. The van der Waals surface area contributed by atoms with Gasteiger partial charge in [0.05, 0.1) is 11.9 Å². The van der Waals surface area contributed by atoms with E-state index in [9.17, 15) is 4.79 Å². The molecule has 1 aromatic carbocycles. The second-order valence-electron chi connectivity index (χ2n) is 4.75. The number of nitrogens with zero attached hydrogens (tertiary/aromatic N) is 1. The van der Waals surface area contributed by atoms with Crippen molar-refractivity contribution in [1.82, 2.24) is 20.3 Å². The number of nitrogen functional groups attached to an aromatic ring is 1. The molecule has 2 heterocycles. The Bertz CT molecular complexity index is 849. The molecule has 0 saturated heterocycles. The molecule has 112 valence electrons. The number of hydrogen-bond acceptors (Lipinski definition) is 3. The van der Waals surface area contributed by atoms with E-state index in [2.05, 4.69) is 20.3 Å². The van der Waals surface area contributed by atoms with Gasteiger partial charge in [-0.1, -0.05) is 17.7 Å². The van der Waals surface area contributed by atoms with Crippen LogP contribution in [0.3, 0.4) is 0 Å². The Labute approximate surface area is 131 Å². The van der Waals surface area contributed by atoms with Gasteiger partial charge in [0.1, 0.15) is 5.69 Å². The van der Waals surface area contributed by atoms with Gasteiger partial charge in [-0.15, -0.1) is 0 Å². The monoisotopic (exact) mass is 315 g/mol. The smallest absolute Gasteiger partial charge is 0.267 e. The largest absolute Gasteiger partial charge is 0.369 e. The van der Waals surface area contributed by atoms with Crippen LogP contribution in [0.4, 0.5) is 5.95 Å². The van der Waals surface area contributed by atoms with Gasteiger partial charge in [-0.05, 0) is 30.3 Å². The van der Waals surface area contributed by atoms with Crippen molar-refractivity contribution in [3.05, 3.63) is 52.9 Å². The van der Waals surface area contributed by atoms with E-state index in [0.717, 1.165) is 16.6 Å². The molecule has 0 radical (unpaired) electrons. The third-order valence-corrected chi connectivity index (χ3v) is 3.36. The highest BCUT2D eigenvalue weighted by atomic mass is 35.5. The van der Waals surface area contributed by atoms with Crippen LogP contribution >= 0.6 is 11.6 Å². The fourth-order valence-electron chi connectivity index (χ4n) is 2.09. The highest BCUT2D eigenvalue weighted by Gasteiger charge is 2.08. The van der Waals surface area contributed by atoms with E-state index in [-0.39, 0.29) is 5.91 Å². The van der Waals surface area contributed by atoms with Gasteiger partial charge < -0.3 is 21.0 Å². The van der Waals surface area contributed by atoms with Gasteiger partial charge in [0.2, 0.25) is 0 Å². The quantitative estimate of drug-likeness (QED) is 0.595. The fraction of sp³-hybridized carbons (Fsp3) is 0.0667. The first-order valence-electron chi connectivity index (χ1n) is 6.65. The summed E-state index contributed by atoms with van der Waals surface area (Å²) in [6.45, 7) is 0.397. The minimum Gasteiger partial charge on any atom is -0.369 e. The predicted molar refractivity (Wildman–Crippen MR) is 87.7 cm³/mol. The van der Waals surface area contributed by atoms with Gasteiger partial charge in [-0.2, -0.15) is 0 Å². The van der Waals surface area contributed by atoms with Crippen LogP contribution in [-0.4, -0.2) is 27.4 Å². The molecular weight excluding hydrogens is 302 g/mol. The first-order chi connectivity index (χ1) is 10.6. The second kappa shape index (κ2) is 5.95. The third kappa shape index (κ3) is 3.12. The molecule has 0 saturated carbocycles. The molecule has 7 heteroatoms. The lowest BCUT2D eigenvalue weighted by Gasteiger charge is -1.98. The number of carbonyl (C=O) groups excluding carboxylic acids is 1. The molecule has 0 aliphatic carbocycles. The molecule has 5 N–H and O–H groups in total. The lowest BCUT2D eigenvalue weighted by Crippen LogP contribution is -2.23. The van der Waals surface area contributed by atoms with Gasteiger partial charge >= 0.3 is 0 Å². The zero-order valence-corrected chi connectivity index (χ0v) is 12.3. The van der Waals surface area contributed by atoms with E-state index in [1.54, 1.807) is 24.4 Å². The zero-order chi connectivity index (χ0) is 15.5. The summed E-state index contributed by atoms with van der Waals surface area (Å²) in [5, 5.41) is 4.34. The summed E-state index contributed by atoms with van der Waals surface area (Å²) in [4.78, 5) is 21.9. The number of amides is 1. The number of hydrogen-bond donors (Lipinski definition) is 4. The Balaban J connectivity index is 1.62. The summed E-state index contributed by atoms with van der Waals surface area (Å²) in [6.07, 6.45) is 5.23. The highest BCUT2D eigenvalue weighted by Crippen LogP contribution is 2.19. The predicted octanol–water partition coefficient (Wildman–Crippen LogP) is 2.57. The zero-order valence-electron chi connectivity index (χ0n) is 11.6. The van der Waals surface area contributed by atoms with Gasteiger partial charge in [-0.3, -0.25) is 4.79 Å². The summed E-state index contributed by atoms with van der Waals surface area (Å²) in [5.74, 6) is 0.182. The van der Waals surface area contributed by atoms with Gasteiger partial charge in [0.25, 0.3) is 5.91 Å². The Hall–Kier alpha value is -2.73. The number of benzene rings is 1. The van der Waals surface area contributed by atoms with Crippen LogP contribution in [0.5, 0.6) is 0 Å². The SMILES string of the molecule is Nc1ncc(/C=C/CNC(=O)c2cc3cc(Cl)ccc3[nH]2)[nH]1. The van der Waals surface area contributed by atoms with Crippen LogP contribution in [0.15, 0.2) is 36.5 Å². The van der Waals surface area contributed by atoms with Crippen LogP contribution < -0.4 is 11.1 Å². The van der Waals surface area contributed by atoms with E-state index in [0.29, 0.717) is 23.2 Å². The maximum absolute atomic E-state index is 12.1. The van der Waals surface area contributed by atoms with E-state index >= 15 is 0 Å². The molecule has 3 rings (SSSR count). The number of nitrogens with two attached hydrogens (primary N) is 1. The average Bonchev–Trinajstić information content (AvgIpc) is 3.09. The molecule has 2 aromatic heterocycles. The van der Waals surface area contributed by atoms with Crippen molar-refractivity contribution >= 4 is 40.4 Å². The number of halogens is 1. The average molecular weight is 316 g/mol. The number of imidazole rings is 1. The highest BCUT2D eigenvalue weighted by molar-refractivity contribution is 6.31. The lowest BCUT2D eigenvalue weighted by atomic mass is 10.2. The number of aromatic nitrogens is 3. The summed E-state index contributed by atoms with van der Waals surface area (Å²) < 4.78 is 0. The van der Waals surface area contributed by atoms with Gasteiger partial charge in [0.15, 0.2) is 5.95 Å². The van der Waals surface area contributed by atoms with E-state index in [1.165, 1.54) is 0 Å². The topological polar surface area (TPSA) is 99.6 Å². The number of fused-ring (bicyclic) bond motifs is 1. The molecule has 0 fully saturated rings. The summed E-state index contributed by atoms with van der Waals surface area (Å²) >= 11 is 5.93. The minimum absolute atomic E-state index is 0.180. The van der Waals surface area contributed by atoms with Crippen LogP contribution in [0.1, 0.15) is 16.2 Å². The maximum Gasteiger partial charge on any atom is 0.267 e. The molecule has 6 nitrogen and oxygen atoms in total. The summed E-state index contributed by atoms with van der Waals surface area (Å²) in [5.41, 5.74) is 7.62. The lowest BCUT2D eigenvalue weighted by molar-refractivity contribution is 0.0954. The minimum atomic E-state index is -0.180. The van der Waals surface area contributed by atoms with Crippen LogP contribution in [-0.2, 0) is 0 Å². The normalized spacial score (nSPS) is 11.3. The second-order valence-corrected chi connectivity index (χ2v) is 5.19. The maximum atomic E-state index is 12.1. The first-order valence-corrected chi connectivity index (χ1v) is 7.03. The first kappa shape index (κ1) is 14.2.